The van der Waals surface area contributed by atoms with E-state index in [2.05, 4.69) is 10.1 Å². The van der Waals surface area contributed by atoms with Gasteiger partial charge in [0, 0.05) is 17.7 Å². The summed E-state index contributed by atoms with van der Waals surface area (Å²) in [5, 5.41) is 25.5. The van der Waals surface area contributed by atoms with Gasteiger partial charge in [-0.05, 0) is 30.8 Å². The zero-order valence-corrected chi connectivity index (χ0v) is 13.5. The maximum Gasteiger partial charge on any atom is 0.283 e. The number of hydrogen-bond acceptors (Lipinski definition) is 7. The fourth-order valence-corrected chi connectivity index (χ4v) is 2.93. The van der Waals surface area contributed by atoms with Crippen molar-refractivity contribution in [1.29, 1.82) is 5.41 Å². The summed E-state index contributed by atoms with van der Waals surface area (Å²) in [7, 11) is 1.41. The number of ether oxygens (including phenoxy) is 1. The van der Waals surface area contributed by atoms with Crippen molar-refractivity contribution in [3.8, 4) is 5.75 Å². The number of nitrogens with zero attached hydrogens (tertiary/aromatic N) is 4. The molecule has 0 atom stereocenters. The van der Waals surface area contributed by atoms with E-state index in [0.29, 0.717) is 21.5 Å². The van der Waals surface area contributed by atoms with Crippen LogP contribution in [-0.4, -0.2) is 39.0 Å². The first-order chi connectivity index (χ1) is 11.4. The van der Waals surface area contributed by atoms with Crippen molar-refractivity contribution in [2.75, 3.05) is 7.11 Å². The predicted octanol–water partition coefficient (Wildman–Crippen LogP) is 2.24. The summed E-state index contributed by atoms with van der Waals surface area (Å²) < 4.78 is 5.17. The number of methoxy groups -OCH3 is 1. The Balaban J connectivity index is 2.08. The summed E-state index contributed by atoms with van der Waals surface area (Å²) in [6.07, 6.45) is 1.35. The first-order valence-electron chi connectivity index (χ1n) is 6.70. The van der Waals surface area contributed by atoms with Crippen LogP contribution in [0.1, 0.15) is 12.5 Å². The molecular formula is C14H11N5O4S. The van der Waals surface area contributed by atoms with Crippen LogP contribution in [0.15, 0.2) is 33.9 Å². The van der Waals surface area contributed by atoms with Crippen molar-refractivity contribution in [3.63, 3.8) is 0 Å². The van der Waals surface area contributed by atoms with E-state index >= 15 is 0 Å². The maximum absolute atomic E-state index is 12.2. The molecule has 2 aliphatic heterocycles. The van der Waals surface area contributed by atoms with Crippen molar-refractivity contribution in [2.45, 2.75) is 6.92 Å². The van der Waals surface area contributed by atoms with Crippen molar-refractivity contribution in [1.82, 2.24) is 5.01 Å². The number of aliphatic imine (C=N–C) groups is 1. The van der Waals surface area contributed by atoms with Gasteiger partial charge in [0.2, 0.25) is 5.17 Å². The quantitative estimate of drug-likeness (QED) is 0.509. The smallest absolute Gasteiger partial charge is 0.283 e. The van der Waals surface area contributed by atoms with Crippen molar-refractivity contribution in [2.24, 2.45) is 10.1 Å². The number of amides is 1. The van der Waals surface area contributed by atoms with Crippen LogP contribution in [0.2, 0.25) is 0 Å². The van der Waals surface area contributed by atoms with Gasteiger partial charge in [-0.25, -0.2) is 0 Å². The van der Waals surface area contributed by atoms with E-state index < -0.39 is 10.8 Å². The second kappa shape index (κ2) is 5.89. The molecule has 122 valence electrons. The monoisotopic (exact) mass is 345 g/mol. The summed E-state index contributed by atoms with van der Waals surface area (Å²) in [5.41, 5.74) is 0.148. The number of hydrazone groups is 1. The van der Waals surface area contributed by atoms with Crippen LogP contribution in [-0.2, 0) is 4.79 Å². The number of hydrogen-bond donors (Lipinski definition) is 1. The van der Waals surface area contributed by atoms with Crippen LogP contribution in [0, 0.1) is 15.5 Å². The molecule has 1 N–H and O–H groups in total. The zero-order chi connectivity index (χ0) is 17.4. The van der Waals surface area contributed by atoms with E-state index in [1.807, 2.05) is 0 Å². The topological polar surface area (TPSA) is 121 Å². The molecule has 1 amide bonds. The van der Waals surface area contributed by atoms with Crippen LogP contribution in [0.4, 0.5) is 5.69 Å². The lowest BCUT2D eigenvalue weighted by Crippen LogP contribution is -2.35. The molecule has 0 radical (unpaired) electrons. The van der Waals surface area contributed by atoms with Gasteiger partial charge in [0.05, 0.1) is 22.6 Å². The Bertz CT molecular complexity index is 874. The molecule has 0 spiro atoms. The number of benzene rings is 1. The normalized spacial score (nSPS) is 18.4. The van der Waals surface area contributed by atoms with E-state index in [9.17, 15) is 14.9 Å². The van der Waals surface area contributed by atoms with Gasteiger partial charge in [0.15, 0.2) is 5.84 Å². The molecule has 9 nitrogen and oxygen atoms in total. The molecule has 24 heavy (non-hydrogen) atoms. The zero-order valence-electron chi connectivity index (χ0n) is 12.6. The third-order valence-electron chi connectivity index (χ3n) is 3.28. The standard InChI is InChI=1S/C14H11N5O4S/c1-7-17-18-12(15)10(13(20)16-14(18)24-7)6-8-5-9(19(21)22)3-4-11(8)23-2/h3-6,15H,1-2H3. The van der Waals surface area contributed by atoms with Crippen molar-refractivity contribution >= 4 is 45.5 Å². The summed E-state index contributed by atoms with van der Waals surface area (Å²) >= 11 is 1.20. The summed E-state index contributed by atoms with van der Waals surface area (Å²) in [4.78, 5) is 26.5. The average molecular weight is 345 g/mol. The highest BCUT2D eigenvalue weighted by Crippen LogP contribution is 2.30. The Morgan fingerprint density at radius 1 is 1.46 bits per heavy atom. The molecule has 0 saturated heterocycles. The first kappa shape index (κ1) is 15.9. The third-order valence-corrected chi connectivity index (χ3v) is 4.10. The summed E-state index contributed by atoms with van der Waals surface area (Å²) in [5.74, 6) is -0.390. The molecule has 0 unspecified atom stereocenters. The molecule has 2 heterocycles. The average Bonchev–Trinajstić information content (AvgIpc) is 2.91. The molecule has 0 aliphatic carbocycles. The minimum absolute atomic E-state index is 0.0170. The minimum Gasteiger partial charge on any atom is -0.496 e. The molecule has 0 aromatic heterocycles. The fraction of sp³-hybridized carbons (Fsp3) is 0.143. The first-order valence-corrected chi connectivity index (χ1v) is 7.51. The maximum atomic E-state index is 12.2. The molecule has 2 aliphatic rings. The fourth-order valence-electron chi connectivity index (χ4n) is 2.19. The van der Waals surface area contributed by atoms with E-state index in [4.69, 9.17) is 10.1 Å². The van der Waals surface area contributed by atoms with Gasteiger partial charge in [-0.3, -0.25) is 20.3 Å². The lowest BCUT2D eigenvalue weighted by atomic mass is 10.1. The van der Waals surface area contributed by atoms with Crippen LogP contribution in [0.5, 0.6) is 5.75 Å². The van der Waals surface area contributed by atoms with Crippen LogP contribution >= 0.6 is 11.8 Å². The van der Waals surface area contributed by atoms with Gasteiger partial charge in [-0.2, -0.15) is 15.1 Å². The van der Waals surface area contributed by atoms with Gasteiger partial charge >= 0.3 is 0 Å². The highest BCUT2D eigenvalue weighted by molar-refractivity contribution is 8.26. The number of nitro benzene ring substituents is 1. The van der Waals surface area contributed by atoms with Crippen LogP contribution in [0.3, 0.4) is 0 Å². The van der Waals surface area contributed by atoms with E-state index in [1.54, 1.807) is 6.92 Å². The van der Waals surface area contributed by atoms with Gasteiger partial charge in [0.1, 0.15) is 5.75 Å². The second-order valence-electron chi connectivity index (χ2n) is 4.82. The van der Waals surface area contributed by atoms with Gasteiger partial charge in [0.25, 0.3) is 11.6 Å². The Labute approximate surface area is 140 Å². The summed E-state index contributed by atoms with van der Waals surface area (Å²) in [6.45, 7) is 1.75. The number of nitrogens with one attached hydrogen (secondary N) is 1. The Morgan fingerprint density at radius 3 is 2.88 bits per heavy atom. The molecule has 3 rings (SSSR count). The van der Waals surface area contributed by atoms with E-state index in [1.165, 1.54) is 48.2 Å². The second-order valence-corrected chi connectivity index (χ2v) is 5.98. The number of carbonyl (C=O) groups is 1. The number of thioether (sulfide) groups is 1. The lowest BCUT2D eigenvalue weighted by molar-refractivity contribution is -0.384. The van der Waals surface area contributed by atoms with Gasteiger partial charge in [-0.15, -0.1) is 0 Å². The Morgan fingerprint density at radius 2 is 2.21 bits per heavy atom. The number of fused-ring (bicyclic) bond motifs is 1. The third kappa shape index (κ3) is 2.67. The predicted molar refractivity (Wildman–Crippen MR) is 90.3 cm³/mol. The molecule has 0 saturated carbocycles. The van der Waals surface area contributed by atoms with Gasteiger partial charge < -0.3 is 4.74 Å². The number of amidine groups is 2. The highest BCUT2D eigenvalue weighted by Gasteiger charge is 2.34. The molecule has 0 fully saturated rings. The largest absolute Gasteiger partial charge is 0.496 e. The van der Waals surface area contributed by atoms with E-state index in [-0.39, 0.29) is 17.1 Å². The Hall–Kier alpha value is -3.01. The summed E-state index contributed by atoms with van der Waals surface area (Å²) in [6, 6.07) is 4.01. The molecule has 10 heteroatoms. The number of rotatable bonds is 3. The highest BCUT2D eigenvalue weighted by atomic mass is 32.2. The number of nitro groups is 1. The SMILES string of the molecule is COc1ccc([N+](=O)[O-])cc1C=C1C(=N)N2N=C(C)SC2=NC1=O. The molecule has 0 bridgehead atoms. The van der Waals surface area contributed by atoms with E-state index in [0.717, 1.165) is 0 Å². The van der Waals surface area contributed by atoms with Crippen molar-refractivity contribution in [3.05, 3.63) is 39.4 Å². The Kier molecular flexibility index (Phi) is 3.89. The number of non-ortho nitro benzene ring substituents is 1. The van der Waals surface area contributed by atoms with Gasteiger partial charge in [-0.1, -0.05) is 0 Å². The molecular weight excluding hydrogens is 334 g/mol. The lowest BCUT2D eigenvalue weighted by Gasteiger charge is -2.20. The molecule has 1 aromatic carbocycles. The molecule has 1 aromatic rings. The minimum atomic E-state index is -0.600. The van der Waals surface area contributed by atoms with Crippen LogP contribution < -0.4 is 4.74 Å². The number of carbonyl (C=O) groups excluding carboxylic acids is 1. The van der Waals surface area contributed by atoms with Crippen LogP contribution in [0.25, 0.3) is 6.08 Å². The van der Waals surface area contributed by atoms with Crippen molar-refractivity contribution < 1.29 is 14.5 Å².